The lowest BCUT2D eigenvalue weighted by Gasteiger charge is -2.20. The Morgan fingerprint density at radius 1 is 1.03 bits per heavy atom. The van der Waals surface area contributed by atoms with Gasteiger partial charge >= 0.3 is 6.03 Å². The molecule has 1 spiro atoms. The topological polar surface area (TPSA) is 108 Å². The van der Waals surface area contributed by atoms with Gasteiger partial charge < -0.3 is 16.0 Å². The lowest BCUT2D eigenvalue weighted by atomic mass is 9.98. The summed E-state index contributed by atoms with van der Waals surface area (Å²) in [6.07, 6.45) is 2.93. The Bertz CT molecular complexity index is 1050. The maximum absolute atomic E-state index is 12.9. The first-order valence-electron chi connectivity index (χ1n) is 10.8. The third kappa shape index (κ3) is 4.21. The molecule has 0 radical (unpaired) electrons. The number of para-hydroxylation sites is 1. The van der Waals surface area contributed by atoms with Crippen LogP contribution in [-0.4, -0.2) is 40.7 Å². The first kappa shape index (κ1) is 21.5. The minimum atomic E-state index is -0.858. The molecule has 1 saturated carbocycles. The summed E-state index contributed by atoms with van der Waals surface area (Å²) < 4.78 is 0. The molecule has 3 N–H and O–H groups in total. The minimum Gasteiger partial charge on any atom is -0.345 e. The van der Waals surface area contributed by atoms with Crippen molar-refractivity contribution in [3.05, 3.63) is 65.7 Å². The first-order valence-corrected chi connectivity index (χ1v) is 10.8. The molecule has 2 fully saturated rings. The van der Waals surface area contributed by atoms with E-state index >= 15 is 0 Å². The molecule has 0 aromatic heterocycles. The van der Waals surface area contributed by atoms with Gasteiger partial charge in [-0.15, -0.1) is 0 Å². The van der Waals surface area contributed by atoms with Gasteiger partial charge in [-0.2, -0.15) is 0 Å². The van der Waals surface area contributed by atoms with Crippen LogP contribution in [0.25, 0.3) is 0 Å². The lowest BCUT2D eigenvalue weighted by Crippen LogP contribution is -2.44. The van der Waals surface area contributed by atoms with Crippen molar-refractivity contribution >= 4 is 29.4 Å². The lowest BCUT2D eigenvalue weighted by molar-refractivity contribution is -0.133. The summed E-state index contributed by atoms with van der Waals surface area (Å²) in [5.74, 6) is -1.23. The summed E-state index contributed by atoms with van der Waals surface area (Å²) >= 11 is 0. The van der Waals surface area contributed by atoms with Gasteiger partial charge in [0, 0.05) is 0 Å². The Morgan fingerprint density at radius 2 is 1.69 bits per heavy atom. The Hall–Kier alpha value is -3.68. The largest absolute Gasteiger partial charge is 0.345 e. The molecular formula is C24H26N4O4. The number of hydrogen-bond donors (Lipinski definition) is 3. The highest BCUT2D eigenvalue weighted by Crippen LogP contribution is 2.35. The van der Waals surface area contributed by atoms with Crippen molar-refractivity contribution in [2.45, 2.75) is 44.2 Å². The summed E-state index contributed by atoms with van der Waals surface area (Å²) in [5.41, 5.74) is 0.718. The van der Waals surface area contributed by atoms with Gasteiger partial charge in [-0.05, 0) is 37.5 Å². The van der Waals surface area contributed by atoms with Gasteiger partial charge in [0.2, 0.25) is 5.91 Å². The standard InChI is InChI=1S/C24H26N4O4/c1-16(17-9-3-2-4-10-17)25-21(30)18-11-5-6-12-19(18)26-20(29)15-28-22(31)24(27-23(28)32)13-7-8-14-24/h2-6,9-12,16H,7-8,13-15H2,1H3,(H,25,30)(H,26,29)(H,27,32)/t16-/m0/s1. The second-order valence-corrected chi connectivity index (χ2v) is 8.31. The highest BCUT2D eigenvalue weighted by Gasteiger charge is 2.52. The Labute approximate surface area is 186 Å². The van der Waals surface area contributed by atoms with Crippen LogP contribution in [0.15, 0.2) is 54.6 Å². The summed E-state index contributed by atoms with van der Waals surface area (Å²) in [6, 6.07) is 15.4. The van der Waals surface area contributed by atoms with E-state index in [9.17, 15) is 19.2 Å². The maximum Gasteiger partial charge on any atom is 0.325 e. The quantitative estimate of drug-likeness (QED) is 0.608. The van der Waals surface area contributed by atoms with E-state index in [1.165, 1.54) is 0 Å². The summed E-state index contributed by atoms with van der Waals surface area (Å²) in [5, 5.41) is 8.36. The number of amides is 5. The molecule has 1 aliphatic heterocycles. The van der Waals surface area contributed by atoms with Crippen molar-refractivity contribution in [1.29, 1.82) is 0 Å². The predicted molar refractivity (Wildman–Crippen MR) is 119 cm³/mol. The van der Waals surface area contributed by atoms with Crippen molar-refractivity contribution in [2.24, 2.45) is 0 Å². The fourth-order valence-corrected chi connectivity index (χ4v) is 4.36. The van der Waals surface area contributed by atoms with Crippen molar-refractivity contribution in [3.8, 4) is 0 Å². The molecule has 5 amide bonds. The number of nitrogens with one attached hydrogen (secondary N) is 3. The minimum absolute atomic E-state index is 0.221. The number of rotatable bonds is 6. The second kappa shape index (κ2) is 8.82. The monoisotopic (exact) mass is 434 g/mol. The number of benzene rings is 2. The molecule has 0 unspecified atom stereocenters. The molecule has 8 nitrogen and oxygen atoms in total. The van der Waals surface area contributed by atoms with Crippen molar-refractivity contribution in [3.63, 3.8) is 0 Å². The van der Waals surface area contributed by atoms with E-state index < -0.39 is 24.0 Å². The number of anilines is 1. The smallest absolute Gasteiger partial charge is 0.325 e. The van der Waals surface area contributed by atoms with Crippen LogP contribution in [0, 0.1) is 0 Å². The van der Waals surface area contributed by atoms with Crippen LogP contribution in [0.1, 0.15) is 54.6 Å². The maximum atomic E-state index is 12.9. The van der Waals surface area contributed by atoms with Gasteiger partial charge in [-0.3, -0.25) is 19.3 Å². The van der Waals surface area contributed by atoms with E-state index in [4.69, 9.17) is 0 Å². The van der Waals surface area contributed by atoms with Gasteiger partial charge in [-0.1, -0.05) is 55.3 Å². The average molecular weight is 434 g/mol. The normalized spacial score (nSPS) is 17.8. The zero-order valence-electron chi connectivity index (χ0n) is 17.9. The molecule has 1 saturated heterocycles. The summed E-state index contributed by atoms with van der Waals surface area (Å²) in [6.45, 7) is 1.48. The number of hydrogen-bond acceptors (Lipinski definition) is 4. The van der Waals surface area contributed by atoms with Crippen molar-refractivity contribution < 1.29 is 19.2 Å². The van der Waals surface area contributed by atoms with Crippen LogP contribution < -0.4 is 16.0 Å². The first-order chi connectivity index (χ1) is 15.4. The Morgan fingerprint density at radius 3 is 2.41 bits per heavy atom. The van der Waals surface area contributed by atoms with Gasteiger partial charge in [0.15, 0.2) is 0 Å². The number of nitrogens with zero attached hydrogens (tertiary/aromatic N) is 1. The molecule has 1 heterocycles. The second-order valence-electron chi connectivity index (χ2n) is 8.31. The SMILES string of the molecule is C[C@H](NC(=O)c1ccccc1NC(=O)CN1C(=O)NC2(CCCC2)C1=O)c1ccccc1. The average Bonchev–Trinajstić information content (AvgIpc) is 3.35. The zero-order valence-corrected chi connectivity index (χ0v) is 17.9. The molecular weight excluding hydrogens is 408 g/mol. The van der Waals surface area contributed by atoms with Crippen LogP contribution in [0.2, 0.25) is 0 Å². The molecule has 1 atom stereocenters. The molecule has 1 aliphatic carbocycles. The number of urea groups is 1. The van der Waals surface area contributed by atoms with Crippen LogP contribution >= 0.6 is 0 Å². The third-order valence-electron chi connectivity index (χ3n) is 6.10. The number of carbonyl (C=O) groups is 4. The van der Waals surface area contributed by atoms with E-state index in [0.717, 1.165) is 23.3 Å². The van der Waals surface area contributed by atoms with Gasteiger partial charge in [0.1, 0.15) is 12.1 Å². The van der Waals surface area contributed by atoms with Gasteiger partial charge in [0.05, 0.1) is 17.3 Å². The van der Waals surface area contributed by atoms with Crippen LogP contribution in [-0.2, 0) is 9.59 Å². The molecule has 32 heavy (non-hydrogen) atoms. The summed E-state index contributed by atoms with van der Waals surface area (Å²) in [7, 11) is 0. The Balaban J connectivity index is 1.43. The van der Waals surface area contributed by atoms with Crippen LogP contribution in [0.4, 0.5) is 10.5 Å². The summed E-state index contributed by atoms with van der Waals surface area (Å²) in [4.78, 5) is 51.6. The molecule has 4 rings (SSSR count). The highest BCUT2D eigenvalue weighted by atomic mass is 16.2. The van der Waals surface area contributed by atoms with Crippen molar-refractivity contribution in [1.82, 2.24) is 15.5 Å². The van der Waals surface area contributed by atoms with Crippen LogP contribution in [0.5, 0.6) is 0 Å². The molecule has 0 bridgehead atoms. The van der Waals surface area contributed by atoms with E-state index in [1.807, 2.05) is 37.3 Å². The highest BCUT2D eigenvalue weighted by molar-refractivity contribution is 6.11. The molecule has 2 aliphatic rings. The zero-order chi connectivity index (χ0) is 22.7. The van der Waals surface area contributed by atoms with Gasteiger partial charge in [-0.25, -0.2) is 4.79 Å². The third-order valence-corrected chi connectivity index (χ3v) is 6.10. The van der Waals surface area contributed by atoms with E-state index in [2.05, 4.69) is 16.0 Å². The van der Waals surface area contributed by atoms with Crippen molar-refractivity contribution in [2.75, 3.05) is 11.9 Å². The van der Waals surface area contributed by atoms with E-state index in [-0.39, 0.29) is 17.9 Å². The molecule has 8 heteroatoms. The molecule has 2 aromatic rings. The van der Waals surface area contributed by atoms with E-state index in [0.29, 0.717) is 24.1 Å². The van der Waals surface area contributed by atoms with Crippen LogP contribution in [0.3, 0.4) is 0 Å². The predicted octanol–water partition coefficient (Wildman–Crippen LogP) is 2.98. The van der Waals surface area contributed by atoms with Gasteiger partial charge in [0.25, 0.3) is 11.8 Å². The molecule has 2 aromatic carbocycles. The number of carbonyl (C=O) groups excluding carboxylic acids is 4. The fraction of sp³-hybridized carbons (Fsp3) is 0.333. The van der Waals surface area contributed by atoms with E-state index in [1.54, 1.807) is 24.3 Å². The fourth-order valence-electron chi connectivity index (χ4n) is 4.36. The number of imide groups is 1. The Kier molecular flexibility index (Phi) is 5.94. The molecule has 166 valence electrons.